The third-order valence-corrected chi connectivity index (χ3v) is 3.24. The number of carbonyl (C=O) groups excluding carboxylic acids is 1. The van der Waals surface area contributed by atoms with Gasteiger partial charge >= 0.3 is 5.97 Å². The molecule has 0 radical (unpaired) electrons. The zero-order valence-electron chi connectivity index (χ0n) is 14.1. The van der Waals surface area contributed by atoms with Crippen molar-refractivity contribution >= 4 is 17.9 Å². The van der Waals surface area contributed by atoms with E-state index < -0.39 is 5.97 Å². The third kappa shape index (κ3) is 4.25. The second-order valence-electron chi connectivity index (χ2n) is 4.95. The van der Waals surface area contributed by atoms with Crippen LogP contribution < -0.4 is 19.2 Å². The van der Waals surface area contributed by atoms with E-state index >= 15 is 0 Å². The molecule has 2 rings (SSSR count). The van der Waals surface area contributed by atoms with Crippen molar-refractivity contribution in [2.45, 2.75) is 6.92 Å². The quantitative estimate of drug-likeness (QED) is 0.353. The molecule has 6 heteroatoms. The lowest BCUT2D eigenvalue weighted by atomic mass is 10.2. The van der Waals surface area contributed by atoms with Gasteiger partial charge in [0.05, 0.1) is 26.1 Å². The Hall–Kier alpha value is -3.02. The van der Waals surface area contributed by atoms with Gasteiger partial charge in [-0.2, -0.15) is 5.10 Å². The topological polar surface area (TPSA) is 60.4 Å². The molecule has 0 spiro atoms. The SMILES string of the molecule is COc1cc(/C=N/N(C)c2ccccc2)cc(OC)c1OC(C)=O. The lowest BCUT2D eigenvalue weighted by Gasteiger charge is -2.14. The van der Waals surface area contributed by atoms with E-state index in [1.807, 2.05) is 37.4 Å². The molecule has 0 amide bonds. The number of hydrogen-bond donors (Lipinski definition) is 0. The molecule has 0 fully saturated rings. The van der Waals surface area contributed by atoms with Gasteiger partial charge in [-0.3, -0.25) is 9.80 Å². The summed E-state index contributed by atoms with van der Waals surface area (Å²) in [6, 6.07) is 13.2. The number of carbonyl (C=O) groups is 1. The number of hydrogen-bond acceptors (Lipinski definition) is 6. The molecule has 0 unspecified atom stereocenters. The molecule has 0 saturated heterocycles. The van der Waals surface area contributed by atoms with Crippen molar-refractivity contribution in [3.63, 3.8) is 0 Å². The van der Waals surface area contributed by atoms with E-state index in [1.54, 1.807) is 23.4 Å². The van der Waals surface area contributed by atoms with Crippen LogP contribution in [-0.4, -0.2) is 33.5 Å². The Morgan fingerprint density at radius 2 is 1.67 bits per heavy atom. The molecule has 0 heterocycles. The molecule has 0 N–H and O–H groups in total. The molecule has 0 aliphatic heterocycles. The molecule has 0 aromatic heterocycles. The maximum atomic E-state index is 11.2. The van der Waals surface area contributed by atoms with Gasteiger partial charge in [-0.1, -0.05) is 18.2 Å². The fraction of sp³-hybridized carbons (Fsp3) is 0.222. The Morgan fingerprint density at radius 3 is 2.17 bits per heavy atom. The Bertz CT molecular complexity index is 704. The van der Waals surface area contributed by atoms with Crippen molar-refractivity contribution in [2.24, 2.45) is 5.10 Å². The lowest BCUT2D eigenvalue weighted by molar-refractivity contribution is -0.132. The second kappa shape index (κ2) is 8.01. The van der Waals surface area contributed by atoms with Crippen LogP contribution in [0, 0.1) is 0 Å². The Kier molecular flexibility index (Phi) is 5.78. The number of para-hydroxylation sites is 1. The molecule has 2 aromatic rings. The number of anilines is 1. The van der Waals surface area contributed by atoms with E-state index in [1.165, 1.54) is 21.1 Å². The van der Waals surface area contributed by atoms with Crippen LogP contribution >= 0.6 is 0 Å². The summed E-state index contributed by atoms with van der Waals surface area (Å²) >= 11 is 0. The highest BCUT2D eigenvalue weighted by Gasteiger charge is 2.15. The van der Waals surface area contributed by atoms with E-state index in [2.05, 4.69) is 5.10 Å². The molecule has 0 saturated carbocycles. The van der Waals surface area contributed by atoms with Crippen LogP contribution in [0.4, 0.5) is 5.69 Å². The minimum atomic E-state index is -0.447. The van der Waals surface area contributed by atoms with Crippen LogP contribution in [0.15, 0.2) is 47.6 Å². The highest BCUT2D eigenvalue weighted by atomic mass is 16.6. The van der Waals surface area contributed by atoms with Crippen molar-refractivity contribution in [3.8, 4) is 17.2 Å². The van der Waals surface area contributed by atoms with Gasteiger partial charge in [0.2, 0.25) is 5.75 Å². The zero-order valence-corrected chi connectivity index (χ0v) is 14.1. The van der Waals surface area contributed by atoms with Gasteiger partial charge in [-0.05, 0) is 24.3 Å². The van der Waals surface area contributed by atoms with Gasteiger partial charge in [0.25, 0.3) is 0 Å². The number of esters is 1. The summed E-state index contributed by atoms with van der Waals surface area (Å²) in [5.74, 6) is 0.597. The fourth-order valence-electron chi connectivity index (χ4n) is 2.08. The van der Waals surface area contributed by atoms with Crippen LogP contribution in [0.2, 0.25) is 0 Å². The van der Waals surface area contributed by atoms with Gasteiger partial charge in [0, 0.05) is 19.5 Å². The molecule has 0 aliphatic carbocycles. The van der Waals surface area contributed by atoms with Crippen molar-refractivity contribution < 1.29 is 19.0 Å². The predicted molar refractivity (Wildman–Crippen MR) is 93.3 cm³/mol. The molecule has 0 atom stereocenters. The maximum absolute atomic E-state index is 11.2. The number of benzene rings is 2. The van der Waals surface area contributed by atoms with Gasteiger partial charge in [0.15, 0.2) is 11.5 Å². The van der Waals surface area contributed by atoms with E-state index in [0.717, 1.165) is 11.3 Å². The number of methoxy groups -OCH3 is 2. The number of rotatable bonds is 6. The van der Waals surface area contributed by atoms with Gasteiger partial charge in [-0.15, -0.1) is 0 Å². The first-order chi connectivity index (χ1) is 11.5. The van der Waals surface area contributed by atoms with Crippen LogP contribution in [0.1, 0.15) is 12.5 Å². The molecule has 0 bridgehead atoms. The summed E-state index contributed by atoms with van der Waals surface area (Å²) in [6.45, 7) is 1.32. The van der Waals surface area contributed by atoms with Crippen LogP contribution in [-0.2, 0) is 4.79 Å². The first-order valence-electron chi connectivity index (χ1n) is 7.32. The molecule has 6 nitrogen and oxygen atoms in total. The maximum Gasteiger partial charge on any atom is 0.308 e. The minimum Gasteiger partial charge on any atom is -0.493 e. The monoisotopic (exact) mass is 328 g/mol. The average Bonchev–Trinajstić information content (AvgIpc) is 2.60. The summed E-state index contributed by atoms with van der Waals surface area (Å²) in [4.78, 5) is 11.2. The van der Waals surface area contributed by atoms with E-state index in [4.69, 9.17) is 14.2 Å². The summed E-state index contributed by atoms with van der Waals surface area (Å²) in [5.41, 5.74) is 1.71. The summed E-state index contributed by atoms with van der Waals surface area (Å²) < 4.78 is 15.7. The summed E-state index contributed by atoms with van der Waals surface area (Å²) in [6.07, 6.45) is 1.68. The summed E-state index contributed by atoms with van der Waals surface area (Å²) in [5, 5.41) is 6.14. The van der Waals surface area contributed by atoms with Gasteiger partial charge in [-0.25, -0.2) is 0 Å². The normalized spacial score (nSPS) is 10.5. The highest BCUT2D eigenvalue weighted by Crippen LogP contribution is 2.38. The minimum absolute atomic E-state index is 0.251. The molecular weight excluding hydrogens is 308 g/mol. The van der Waals surface area contributed by atoms with Crippen molar-refractivity contribution in [2.75, 3.05) is 26.3 Å². The third-order valence-electron chi connectivity index (χ3n) is 3.24. The molecular formula is C18H20N2O4. The van der Waals surface area contributed by atoms with E-state index in [9.17, 15) is 4.79 Å². The van der Waals surface area contributed by atoms with Crippen molar-refractivity contribution in [3.05, 3.63) is 48.0 Å². The molecule has 0 aliphatic rings. The number of ether oxygens (including phenoxy) is 3. The standard InChI is InChI=1S/C18H20N2O4/c1-13(21)24-18-16(22-3)10-14(11-17(18)23-4)12-19-20(2)15-8-6-5-7-9-15/h5-12H,1-4H3/b19-12+. The number of nitrogens with zero attached hydrogens (tertiary/aromatic N) is 2. The zero-order chi connectivity index (χ0) is 17.5. The summed E-state index contributed by atoms with van der Waals surface area (Å²) in [7, 11) is 4.85. The van der Waals surface area contributed by atoms with E-state index in [-0.39, 0.29) is 5.75 Å². The number of hydrazone groups is 1. The van der Waals surface area contributed by atoms with Crippen molar-refractivity contribution in [1.29, 1.82) is 0 Å². The Labute approximate surface area is 141 Å². The largest absolute Gasteiger partial charge is 0.493 e. The molecule has 126 valence electrons. The molecule has 2 aromatic carbocycles. The predicted octanol–water partition coefficient (Wildman–Crippen LogP) is 3.10. The average molecular weight is 328 g/mol. The second-order valence-corrected chi connectivity index (χ2v) is 4.95. The van der Waals surface area contributed by atoms with Crippen LogP contribution in [0.5, 0.6) is 17.2 Å². The highest BCUT2D eigenvalue weighted by molar-refractivity contribution is 5.84. The van der Waals surface area contributed by atoms with Gasteiger partial charge < -0.3 is 14.2 Å². The van der Waals surface area contributed by atoms with E-state index in [0.29, 0.717) is 11.5 Å². The Balaban J connectivity index is 2.30. The lowest BCUT2D eigenvalue weighted by Crippen LogP contribution is -2.09. The molecule has 24 heavy (non-hydrogen) atoms. The first kappa shape index (κ1) is 17.3. The fourth-order valence-corrected chi connectivity index (χ4v) is 2.08. The Morgan fingerprint density at radius 1 is 1.08 bits per heavy atom. The van der Waals surface area contributed by atoms with Crippen LogP contribution in [0.25, 0.3) is 0 Å². The smallest absolute Gasteiger partial charge is 0.308 e. The first-order valence-corrected chi connectivity index (χ1v) is 7.32. The van der Waals surface area contributed by atoms with Gasteiger partial charge in [0.1, 0.15) is 0 Å². The van der Waals surface area contributed by atoms with Crippen LogP contribution in [0.3, 0.4) is 0 Å². The van der Waals surface area contributed by atoms with Crippen molar-refractivity contribution in [1.82, 2.24) is 0 Å².